The van der Waals surface area contributed by atoms with Crippen LogP contribution in [0.15, 0.2) is 40.9 Å². The predicted molar refractivity (Wildman–Crippen MR) is 145 cm³/mol. The minimum absolute atomic E-state index is 0.296. The molecular formula is C27H30N8OS. The molecule has 1 atom stereocenters. The Hall–Kier alpha value is -3.55. The Morgan fingerprint density at radius 2 is 1.97 bits per heavy atom. The van der Waals surface area contributed by atoms with Gasteiger partial charge >= 0.3 is 0 Å². The van der Waals surface area contributed by atoms with E-state index >= 15 is 0 Å². The van der Waals surface area contributed by atoms with Crippen LogP contribution in [0.3, 0.4) is 0 Å². The molecule has 0 amide bonds. The summed E-state index contributed by atoms with van der Waals surface area (Å²) in [6.07, 6.45) is 9.73. The average Bonchev–Trinajstić information content (AvgIpc) is 3.61. The van der Waals surface area contributed by atoms with E-state index in [4.69, 9.17) is 0 Å². The molecule has 3 aromatic rings. The lowest BCUT2D eigenvalue weighted by atomic mass is 9.69. The monoisotopic (exact) mass is 514 g/mol. The van der Waals surface area contributed by atoms with E-state index < -0.39 is 9.73 Å². The van der Waals surface area contributed by atoms with Gasteiger partial charge in [-0.05, 0) is 79.1 Å². The van der Waals surface area contributed by atoms with Gasteiger partial charge in [0.15, 0.2) is 11.6 Å². The Morgan fingerprint density at radius 3 is 2.73 bits per heavy atom. The van der Waals surface area contributed by atoms with Gasteiger partial charge < -0.3 is 15.5 Å². The summed E-state index contributed by atoms with van der Waals surface area (Å²) in [5.41, 5.74) is 6.20. The minimum atomic E-state index is -2.35. The number of hydrogen-bond acceptors (Lipinski definition) is 9. The largest absolute Gasteiger partial charge is 0.324 e. The van der Waals surface area contributed by atoms with E-state index in [0.29, 0.717) is 40.3 Å². The predicted octanol–water partition coefficient (Wildman–Crippen LogP) is 4.84. The SMILES string of the molecule is CN1Cc2cc(Nc3ncc(C#N)c(Nc4cccc(N=S(C)(C)=O)n4)n3)cc3c2C(C1)C1(CC3)CC1. The van der Waals surface area contributed by atoms with Gasteiger partial charge in [-0.3, -0.25) is 0 Å². The van der Waals surface area contributed by atoms with Gasteiger partial charge in [-0.15, -0.1) is 0 Å². The van der Waals surface area contributed by atoms with Crippen molar-refractivity contribution < 1.29 is 4.21 Å². The summed E-state index contributed by atoms with van der Waals surface area (Å²) >= 11 is 0. The van der Waals surface area contributed by atoms with Crippen molar-refractivity contribution in [3.05, 3.63) is 58.8 Å². The van der Waals surface area contributed by atoms with E-state index in [0.717, 1.165) is 25.2 Å². The number of anilines is 4. The van der Waals surface area contributed by atoms with Crippen molar-refractivity contribution in [2.24, 2.45) is 9.78 Å². The average molecular weight is 515 g/mol. The molecule has 3 heterocycles. The molecule has 37 heavy (non-hydrogen) atoms. The quantitative estimate of drug-likeness (QED) is 0.496. The van der Waals surface area contributed by atoms with E-state index in [2.05, 4.69) is 60.1 Å². The fourth-order valence-electron chi connectivity index (χ4n) is 5.85. The zero-order valence-corrected chi connectivity index (χ0v) is 22.1. The molecule has 2 aliphatic carbocycles. The number of hydrogen-bond donors (Lipinski definition) is 2. The Bertz CT molecular complexity index is 1560. The third kappa shape index (κ3) is 4.77. The molecule has 3 aliphatic rings. The molecule has 1 saturated carbocycles. The van der Waals surface area contributed by atoms with Crippen LogP contribution in [-0.2, 0) is 22.7 Å². The van der Waals surface area contributed by atoms with Gasteiger partial charge in [0.05, 0.1) is 6.20 Å². The normalized spacial score (nSPS) is 19.6. The van der Waals surface area contributed by atoms with Crippen LogP contribution in [-0.4, -0.2) is 50.2 Å². The van der Waals surface area contributed by atoms with Crippen molar-refractivity contribution in [2.75, 3.05) is 36.7 Å². The van der Waals surface area contributed by atoms with E-state index in [1.165, 1.54) is 36.6 Å². The fourth-order valence-corrected chi connectivity index (χ4v) is 6.40. The first-order valence-corrected chi connectivity index (χ1v) is 14.8. The van der Waals surface area contributed by atoms with Crippen molar-refractivity contribution in [1.82, 2.24) is 19.9 Å². The van der Waals surface area contributed by atoms with Crippen molar-refractivity contribution in [3.8, 4) is 6.07 Å². The number of rotatable bonds is 5. The summed E-state index contributed by atoms with van der Waals surface area (Å²) in [5, 5.41) is 16.1. The van der Waals surface area contributed by atoms with Crippen molar-refractivity contribution in [2.45, 2.75) is 38.1 Å². The summed E-state index contributed by atoms with van der Waals surface area (Å²) in [4.78, 5) is 15.8. The maximum Gasteiger partial charge on any atom is 0.229 e. The third-order valence-electron chi connectivity index (χ3n) is 7.62. The molecule has 0 radical (unpaired) electrons. The number of fused-ring (bicyclic) bond motifs is 1. The molecule has 10 heteroatoms. The molecule has 1 unspecified atom stereocenters. The van der Waals surface area contributed by atoms with Crippen molar-refractivity contribution in [3.63, 3.8) is 0 Å². The second-order valence-electron chi connectivity index (χ2n) is 10.8. The topological polar surface area (TPSA) is 119 Å². The highest BCUT2D eigenvalue weighted by Gasteiger charge is 2.53. The van der Waals surface area contributed by atoms with Gasteiger partial charge in [0.2, 0.25) is 5.95 Å². The highest BCUT2D eigenvalue weighted by atomic mass is 32.2. The van der Waals surface area contributed by atoms with Gasteiger partial charge in [0.25, 0.3) is 0 Å². The number of nitrogens with one attached hydrogen (secondary N) is 2. The van der Waals surface area contributed by atoms with Gasteiger partial charge in [0.1, 0.15) is 17.5 Å². The molecule has 9 nitrogen and oxygen atoms in total. The van der Waals surface area contributed by atoms with Crippen LogP contribution in [0.4, 0.5) is 29.1 Å². The summed E-state index contributed by atoms with van der Waals surface area (Å²) in [7, 11) is -0.133. The molecule has 2 aromatic heterocycles. The Kier molecular flexibility index (Phi) is 5.66. The number of aromatic nitrogens is 3. The number of benzene rings is 1. The molecule has 6 rings (SSSR count). The Labute approximate surface area is 217 Å². The number of likely N-dealkylation sites (N-methyl/N-ethyl adjacent to an activating group) is 1. The maximum absolute atomic E-state index is 12.1. The van der Waals surface area contributed by atoms with Crippen LogP contribution < -0.4 is 10.6 Å². The molecule has 1 spiro atoms. The van der Waals surface area contributed by atoms with Crippen LogP contribution in [0, 0.1) is 16.7 Å². The molecule has 1 fully saturated rings. The highest BCUT2D eigenvalue weighted by Crippen LogP contribution is 2.63. The van der Waals surface area contributed by atoms with Crippen LogP contribution in [0.5, 0.6) is 0 Å². The summed E-state index contributed by atoms with van der Waals surface area (Å²) in [6, 6.07) is 11.8. The number of nitriles is 1. The molecule has 1 aliphatic heterocycles. The first kappa shape index (κ1) is 23.8. The molecule has 0 saturated heterocycles. The summed E-state index contributed by atoms with van der Waals surface area (Å²) < 4.78 is 16.2. The molecule has 190 valence electrons. The minimum Gasteiger partial charge on any atom is -0.324 e. The maximum atomic E-state index is 12.1. The fraction of sp³-hybridized carbons (Fsp3) is 0.407. The van der Waals surface area contributed by atoms with Crippen LogP contribution in [0.25, 0.3) is 0 Å². The lowest BCUT2D eigenvalue weighted by molar-refractivity contribution is 0.211. The van der Waals surface area contributed by atoms with E-state index in [9.17, 15) is 9.47 Å². The van der Waals surface area contributed by atoms with Crippen LogP contribution >= 0.6 is 0 Å². The van der Waals surface area contributed by atoms with Gasteiger partial charge in [0, 0.05) is 46.9 Å². The van der Waals surface area contributed by atoms with Crippen molar-refractivity contribution >= 4 is 38.8 Å². The standard InChI is InChI=1S/C27H30N8OS/c1-35-15-18-12-20(11-17-7-8-27(9-10-27)21(16-35)24(17)18)30-26-29-14-19(13-28)25(33-26)32-22-5-4-6-23(31-22)34-37(2,3)36/h4-6,11-12,14,21H,7-10,15-16H2,1-3H3,(H2,29,30,31,32,33). The van der Waals surface area contributed by atoms with Crippen molar-refractivity contribution in [1.29, 1.82) is 5.26 Å². The van der Waals surface area contributed by atoms with Gasteiger partial charge in [-0.25, -0.2) is 14.2 Å². The first-order chi connectivity index (χ1) is 17.7. The zero-order valence-electron chi connectivity index (χ0n) is 21.3. The van der Waals surface area contributed by atoms with Gasteiger partial charge in [-0.2, -0.15) is 14.6 Å². The number of nitrogens with zero attached hydrogens (tertiary/aromatic N) is 6. The van der Waals surface area contributed by atoms with E-state index in [1.807, 2.05) is 0 Å². The molecule has 2 N–H and O–H groups in total. The summed E-state index contributed by atoms with van der Waals surface area (Å²) in [6.45, 7) is 2.09. The highest BCUT2D eigenvalue weighted by molar-refractivity contribution is 7.92. The second-order valence-corrected chi connectivity index (χ2v) is 13.3. The van der Waals surface area contributed by atoms with Crippen LogP contribution in [0.1, 0.15) is 47.4 Å². The summed E-state index contributed by atoms with van der Waals surface area (Å²) in [5.74, 6) is 2.19. The zero-order chi connectivity index (χ0) is 25.8. The van der Waals surface area contributed by atoms with E-state index in [1.54, 1.807) is 36.3 Å². The third-order valence-corrected chi connectivity index (χ3v) is 8.24. The number of aryl methyl sites for hydroxylation is 1. The Morgan fingerprint density at radius 1 is 1.16 bits per heavy atom. The lowest BCUT2D eigenvalue weighted by Crippen LogP contribution is -2.38. The smallest absolute Gasteiger partial charge is 0.229 e. The Balaban J connectivity index is 1.29. The molecule has 0 bridgehead atoms. The van der Waals surface area contributed by atoms with Gasteiger partial charge in [-0.1, -0.05) is 6.07 Å². The first-order valence-electron chi connectivity index (χ1n) is 12.5. The molecule has 1 aromatic carbocycles. The van der Waals surface area contributed by atoms with Crippen LogP contribution in [0.2, 0.25) is 0 Å². The lowest BCUT2D eigenvalue weighted by Gasteiger charge is -2.42. The van der Waals surface area contributed by atoms with E-state index in [-0.39, 0.29) is 0 Å². The number of pyridine rings is 1. The molecular weight excluding hydrogens is 484 g/mol. The second kappa shape index (κ2) is 8.78.